The fourth-order valence-electron chi connectivity index (χ4n) is 3.44. The minimum atomic E-state index is -0.0834. The van der Waals surface area contributed by atoms with Crippen LogP contribution in [0.2, 0.25) is 0 Å². The van der Waals surface area contributed by atoms with Crippen molar-refractivity contribution in [2.75, 3.05) is 14.2 Å². The molecule has 1 aromatic carbocycles. The van der Waals surface area contributed by atoms with Gasteiger partial charge >= 0.3 is 0 Å². The van der Waals surface area contributed by atoms with Crippen molar-refractivity contribution in [2.24, 2.45) is 0 Å². The quantitative estimate of drug-likeness (QED) is 0.716. The minimum absolute atomic E-state index is 0.0470. The molecule has 1 aliphatic carbocycles. The number of thiophene rings is 1. The number of nitrogens with zero attached hydrogens (tertiary/aromatic N) is 1. The van der Waals surface area contributed by atoms with Gasteiger partial charge in [-0.25, -0.2) is 4.98 Å². The molecular formula is C20H20N2O4S. The first-order valence-corrected chi connectivity index (χ1v) is 9.60. The highest BCUT2D eigenvalue weighted by Crippen LogP contribution is 2.37. The van der Waals surface area contributed by atoms with Crippen LogP contribution in [0.3, 0.4) is 0 Å². The minimum Gasteiger partial charge on any atom is -0.502 e. The summed E-state index contributed by atoms with van der Waals surface area (Å²) in [6.07, 6.45) is 7.84. The van der Waals surface area contributed by atoms with Gasteiger partial charge in [0.25, 0.3) is 5.56 Å². The monoisotopic (exact) mass is 384 g/mol. The number of ether oxygens (including phenoxy) is 2. The highest BCUT2D eigenvalue weighted by atomic mass is 32.1. The van der Waals surface area contributed by atoms with E-state index in [1.165, 1.54) is 31.1 Å². The zero-order valence-corrected chi connectivity index (χ0v) is 16.0. The van der Waals surface area contributed by atoms with E-state index in [2.05, 4.69) is 9.97 Å². The molecule has 7 heteroatoms. The van der Waals surface area contributed by atoms with Crippen LogP contribution in [0, 0.1) is 0 Å². The van der Waals surface area contributed by atoms with Gasteiger partial charge in [-0.2, -0.15) is 0 Å². The fourth-order valence-corrected chi connectivity index (χ4v) is 4.71. The van der Waals surface area contributed by atoms with Crippen LogP contribution in [0.15, 0.2) is 16.9 Å². The number of rotatable bonds is 4. The Bertz CT molecular complexity index is 1070. The first-order valence-electron chi connectivity index (χ1n) is 8.78. The third kappa shape index (κ3) is 3.19. The van der Waals surface area contributed by atoms with Gasteiger partial charge in [0.15, 0.2) is 11.5 Å². The maximum atomic E-state index is 12.6. The normalized spacial score (nSPS) is 13.9. The average molecular weight is 384 g/mol. The SMILES string of the molecule is COc1cc(C=Cc2nc3sc4c(c3c(=O)[nH]2)CCCC4)cc(OC)c1O. The highest BCUT2D eigenvalue weighted by Gasteiger charge is 2.19. The molecule has 0 saturated carbocycles. The van der Waals surface area contributed by atoms with Crippen molar-refractivity contribution in [2.45, 2.75) is 25.7 Å². The van der Waals surface area contributed by atoms with Crippen molar-refractivity contribution >= 4 is 33.7 Å². The summed E-state index contributed by atoms with van der Waals surface area (Å²) in [7, 11) is 2.96. The number of aromatic hydroxyl groups is 1. The van der Waals surface area contributed by atoms with Gasteiger partial charge in [-0.1, -0.05) is 6.08 Å². The Hall–Kier alpha value is -2.80. The Labute approximate surface area is 160 Å². The van der Waals surface area contributed by atoms with Gasteiger partial charge in [-0.3, -0.25) is 4.79 Å². The van der Waals surface area contributed by atoms with Crippen LogP contribution < -0.4 is 15.0 Å². The summed E-state index contributed by atoms with van der Waals surface area (Å²) in [6.45, 7) is 0. The molecule has 4 rings (SSSR count). The Morgan fingerprint density at radius 3 is 2.56 bits per heavy atom. The Balaban J connectivity index is 1.72. The molecule has 0 saturated heterocycles. The van der Waals surface area contributed by atoms with E-state index in [0.717, 1.165) is 35.0 Å². The number of aryl methyl sites for hydroxylation is 2. The number of methoxy groups -OCH3 is 2. The summed E-state index contributed by atoms with van der Waals surface area (Å²) in [5, 5.41) is 10.8. The molecule has 3 aromatic rings. The third-order valence-electron chi connectivity index (χ3n) is 4.78. The number of nitrogens with one attached hydrogen (secondary N) is 1. The van der Waals surface area contributed by atoms with Crippen molar-refractivity contribution in [3.8, 4) is 17.2 Å². The molecule has 0 aliphatic heterocycles. The standard InChI is InChI=1S/C20H20N2O4S/c1-25-13-9-11(10-14(26-2)18(13)23)7-8-16-21-19(24)17-12-5-3-4-6-15(12)27-20(17)22-16/h7-10,23H,3-6H2,1-2H3,(H,21,22,24). The molecule has 2 aromatic heterocycles. The molecule has 0 amide bonds. The summed E-state index contributed by atoms with van der Waals surface area (Å²) >= 11 is 1.63. The summed E-state index contributed by atoms with van der Waals surface area (Å²) < 4.78 is 10.3. The molecule has 0 atom stereocenters. The largest absolute Gasteiger partial charge is 0.502 e. The number of benzene rings is 1. The van der Waals surface area contributed by atoms with E-state index in [1.54, 1.807) is 35.6 Å². The lowest BCUT2D eigenvalue weighted by Crippen LogP contribution is -2.11. The van der Waals surface area contributed by atoms with Gasteiger partial charge in [0.1, 0.15) is 10.7 Å². The fraction of sp³-hybridized carbons (Fsp3) is 0.300. The van der Waals surface area contributed by atoms with Crippen LogP contribution in [-0.4, -0.2) is 29.3 Å². The number of aromatic amines is 1. The molecule has 0 bridgehead atoms. The van der Waals surface area contributed by atoms with Crippen molar-refractivity contribution in [1.29, 1.82) is 0 Å². The maximum Gasteiger partial charge on any atom is 0.260 e. The van der Waals surface area contributed by atoms with E-state index in [-0.39, 0.29) is 11.3 Å². The van der Waals surface area contributed by atoms with Gasteiger partial charge in [-0.05, 0) is 55.0 Å². The van der Waals surface area contributed by atoms with Crippen LogP contribution in [0.1, 0.15) is 34.7 Å². The smallest absolute Gasteiger partial charge is 0.260 e. The lowest BCUT2D eigenvalue weighted by Gasteiger charge is -2.09. The molecule has 0 fully saturated rings. The maximum absolute atomic E-state index is 12.6. The van der Waals surface area contributed by atoms with Crippen LogP contribution >= 0.6 is 11.3 Å². The van der Waals surface area contributed by atoms with E-state index in [0.29, 0.717) is 17.3 Å². The number of phenols is 1. The summed E-state index contributed by atoms with van der Waals surface area (Å²) in [6, 6.07) is 3.38. The van der Waals surface area contributed by atoms with Crippen molar-refractivity contribution in [1.82, 2.24) is 9.97 Å². The number of fused-ring (bicyclic) bond motifs is 3. The van der Waals surface area contributed by atoms with Crippen LogP contribution in [0.25, 0.3) is 22.4 Å². The van der Waals surface area contributed by atoms with Crippen molar-refractivity contribution < 1.29 is 14.6 Å². The van der Waals surface area contributed by atoms with Crippen LogP contribution in [-0.2, 0) is 12.8 Å². The predicted molar refractivity (Wildman–Crippen MR) is 107 cm³/mol. The number of aromatic nitrogens is 2. The van der Waals surface area contributed by atoms with Crippen molar-refractivity contribution in [3.63, 3.8) is 0 Å². The molecule has 0 radical (unpaired) electrons. The molecule has 0 spiro atoms. The molecule has 2 heterocycles. The summed E-state index contributed by atoms with van der Waals surface area (Å²) in [4.78, 5) is 22.2. The molecule has 0 unspecified atom stereocenters. The lowest BCUT2D eigenvalue weighted by atomic mass is 9.97. The second kappa shape index (κ2) is 7.08. The van der Waals surface area contributed by atoms with E-state index in [1.807, 2.05) is 0 Å². The van der Waals surface area contributed by atoms with Crippen LogP contribution in [0.4, 0.5) is 0 Å². The average Bonchev–Trinajstić information content (AvgIpc) is 3.06. The topological polar surface area (TPSA) is 84.4 Å². The molecule has 2 N–H and O–H groups in total. The highest BCUT2D eigenvalue weighted by molar-refractivity contribution is 7.18. The van der Waals surface area contributed by atoms with Gasteiger partial charge in [0, 0.05) is 4.88 Å². The second-order valence-electron chi connectivity index (χ2n) is 6.45. The molecule has 1 aliphatic rings. The Morgan fingerprint density at radius 1 is 1.15 bits per heavy atom. The summed E-state index contributed by atoms with van der Waals surface area (Å²) in [5.74, 6) is 1.08. The zero-order valence-electron chi connectivity index (χ0n) is 15.2. The van der Waals surface area contributed by atoms with E-state index >= 15 is 0 Å². The van der Waals surface area contributed by atoms with E-state index < -0.39 is 0 Å². The second-order valence-corrected chi connectivity index (χ2v) is 7.53. The first-order chi connectivity index (χ1) is 13.1. The van der Waals surface area contributed by atoms with Gasteiger partial charge in [0.05, 0.1) is 19.6 Å². The predicted octanol–water partition coefficient (Wildman–Crippen LogP) is 3.76. The van der Waals surface area contributed by atoms with E-state index in [9.17, 15) is 9.90 Å². The molecule has 27 heavy (non-hydrogen) atoms. The number of hydrogen-bond acceptors (Lipinski definition) is 6. The summed E-state index contributed by atoms with van der Waals surface area (Å²) in [5.41, 5.74) is 1.85. The van der Waals surface area contributed by atoms with Crippen LogP contribution in [0.5, 0.6) is 17.2 Å². The molecule has 6 nitrogen and oxygen atoms in total. The zero-order chi connectivity index (χ0) is 19.0. The Morgan fingerprint density at radius 2 is 1.85 bits per heavy atom. The molecule has 140 valence electrons. The Kier molecular flexibility index (Phi) is 4.61. The van der Waals surface area contributed by atoms with Gasteiger partial charge in [0.2, 0.25) is 5.75 Å². The molecular weight excluding hydrogens is 364 g/mol. The first kappa shape index (κ1) is 17.6. The number of phenolic OH excluding ortho intramolecular Hbond substituents is 1. The van der Waals surface area contributed by atoms with Gasteiger partial charge < -0.3 is 19.6 Å². The number of hydrogen-bond donors (Lipinski definition) is 2. The third-order valence-corrected chi connectivity index (χ3v) is 5.96. The van der Waals surface area contributed by atoms with Crippen molar-refractivity contribution in [3.05, 3.63) is 44.3 Å². The van der Waals surface area contributed by atoms with E-state index in [4.69, 9.17) is 9.47 Å². The lowest BCUT2D eigenvalue weighted by molar-refractivity contribution is 0.340. The number of H-pyrrole nitrogens is 1. The van der Waals surface area contributed by atoms with Gasteiger partial charge in [-0.15, -0.1) is 11.3 Å².